The molecule has 0 atom stereocenters. The van der Waals surface area contributed by atoms with Crippen molar-refractivity contribution in [3.05, 3.63) is 46.4 Å². The smallest absolute Gasteiger partial charge is 0.254 e. The molecule has 2 aromatic rings. The van der Waals surface area contributed by atoms with Crippen LogP contribution in [0.3, 0.4) is 0 Å². The van der Waals surface area contributed by atoms with Crippen molar-refractivity contribution in [3.8, 4) is 0 Å². The van der Waals surface area contributed by atoms with E-state index in [1.165, 1.54) is 0 Å². The van der Waals surface area contributed by atoms with Gasteiger partial charge in [0.05, 0.1) is 0 Å². The Bertz CT molecular complexity index is 654. The van der Waals surface area contributed by atoms with Gasteiger partial charge < -0.3 is 4.90 Å². The first-order chi connectivity index (χ1) is 9.69. The quantitative estimate of drug-likeness (QED) is 0.745. The van der Waals surface area contributed by atoms with Crippen molar-refractivity contribution < 1.29 is 4.79 Å². The van der Waals surface area contributed by atoms with Gasteiger partial charge in [-0.05, 0) is 47.9 Å². The third-order valence-electron chi connectivity index (χ3n) is 3.62. The number of fused-ring (bicyclic) bond motifs is 1. The highest BCUT2D eigenvalue weighted by Gasteiger charge is 2.32. The summed E-state index contributed by atoms with van der Waals surface area (Å²) in [5, 5.41) is 2.21. The van der Waals surface area contributed by atoms with Crippen molar-refractivity contribution >= 4 is 44.2 Å². The maximum Gasteiger partial charge on any atom is 0.254 e. The highest BCUT2D eigenvalue weighted by molar-refractivity contribution is 9.10. The first-order valence-electron chi connectivity index (χ1n) is 6.75. The summed E-state index contributed by atoms with van der Waals surface area (Å²) in [6.07, 6.45) is 2.20. The van der Waals surface area contributed by atoms with Crippen LogP contribution >= 0.6 is 27.5 Å². The third-order valence-corrected chi connectivity index (χ3v) is 4.29. The van der Waals surface area contributed by atoms with E-state index in [4.69, 9.17) is 11.6 Å². The molecule has 20 heavy (non-hydrogen) atoms. The number of nitrogens with zero attached hydrogens (tertiary/aromatic N) is 1. The molecule has 2 nitrogen and oxygen atoms in total. The molecule has 0 N–H and O–H groups in total. The third kappa shape index (κ3) is 2.84. The van der Waals surface area contributed by atoms with Crippen LogP contribution < -0.4 is 0 Å². The summed E-state index contributed by atoms with van der Waals surface area (Å²) >= 11 is 9.27. The molecular weight excluding hydrogens is 338 g/mol. The van der Waals surface area contributed by atoms with Crippen LogP contribution in [-0.2, 0) is 0 Å². The highest BCUT2D eigenvalue weighted by Crippen LogP contribution is 2.29. The molecule has 1 aliphatic carbocycles. The predicted molar refractivity (Wildman–Crippen MR) is 86.4 cm³/mol. The first-order valence-corrected chi connectivity index (χ1v) is 8.08. The number of halogens is 2. The number of hydrogen-bond donors (Lipinski definition) is 0. The van der Waals surface area contributed by atoms with Crippen LogP contribution in [0.25, 0.3) is 10.8 Å². The van der Waals surface area contributed by atoms with Gasteiger partial charge in [0.25, 0.3) is 5.91 Å². The summed E-state index contributed by atoms with van der Waals surface area (Å²) in [6, 6.07) is 12.3. The Morgan fingerprint density at radius 1 is 1.20 bits per heavy atom. The lowest BCUT2D eigenvalue weighted by molar-refractivity contribution is 0.0754. The molecule has 0 heterocycles. The average Bonchev–Trinajstić information content (AvgIpc) is 3.28. The van der Waals surface area contributed by atoms with Crippen molar-refractivity contribution in [2.45, 2.75) is 18.9 Å². The van der Waals surface area contributed by atoms with E-state index in [0.29, 0.717) is 18.5 Å². The highest BCUT2D eigenvalue weighted by atomic mass is 79.9. The molecule has 0 aromatic heterocycles. The maximum absolute atomic E-state index is 12.6. The maximum atomic E-state index is 12.6. The zero-order chi connectivity index (χ0) is 14.1. The second-order valence-corrected chi connectivity index (χ2v) is 6.42. The van der Waals surface area contributed by atoms with E-state index >= 15 is 0 Å². The summed E-state index contributed by atoms with van der Waals surface area (Å²) < 4.78 is 1.05. The molecule has 0 unspecified atom stereocenters. The Balaban J connectivity index is 1.92. The summed E-state index contributed by atoms with van der Waals surface area (Å²) in [5.41, 5.74) is 0.747. The van der Waals surface area contributed by atoms with Gasteiger partial charge in [-0.2, -0.15) is 0 Å². The monoisotopic (exact) mass is 351 g/mol. The number of benzene rings is 2. The number of carbonyl (C=O) groups excluding carboxylic acids is 1. The van der Waals surface area contributed by atoms with Crippen LogP contribution in [0.4, 0.5) is 0 Å². The van der Waals surface area contributed by atoms with Crippen LogP contribution in [-0.4, -0.2) is 29.3 Å². The van der Waals surface area contributed by atoms with E-state index in [2.05, 4.69) is 22.0 Å². The van der Waals surface area contributed by atoms with Gasteiger partial charge in [0, 0.05) is 28.5 Å². The van der Waals surface area contributed by atoms with Gasteiger partial charge in [0.1, 0.15) is 0 Å². The van der Waals surface area contributed by atoms with Gasteiger partial charge in [0.15, 0.2) is 0 Å². The normalized spacial score (nSPS) is 14.5. The van der Waals surface area contributed by atoms with E-state index in [9.17, 15) is 4.79 Å². The number of amides is 1. The van der Waals surface area contributed by atoms with Gasteiger partial charge in [0.2, 0.25) is 0 Å². The van der Waals surface area contributed by atoms with Crippen molar-refractivity contribution in [3.63, 3.8) is 0 Å². The van der Waals surface area contributed by atoms with Crippen molar-refractivity contribution in [1.29, 1.82) is 0 Å². The molecular formula is C16H15BrClNO. The molecule has 104 valence electrons. The van der Waals surface area contributed by atoms with Crippen LogP contribution in [0.5, 0.6) is 0 Å². The van der Waals surface area contributed by atoms with Crippen LogP contribution in [0.15, 0.2) is 40.9 Å². The predicted octanol–water partition coefficient (Wildman–Crippen LogP) is 4.45. The summed E-state index contributed by atoms with van der Waals surface area (Å²) in [6.45, 7) is 0.628. The minimum absolute atomic E-state index is 0.0953. The molecule has 0 bridgehead atoms. The molecule has 4 heteroatoms. The fraction of sp³-hybridized carbons (Fsp3) is 0.312. The molecule has 0 radical (unpaired) electrons. The van der Waals surface area contributed by atoms with Crippen molar-refractivity contribution in [2.75, 3.05) is 12.4 Å². The summed E-state index contributed by atoms with van der Waals surface area (Å²) in [4.78, 5) is 14.5. The topological polar surface area (TPSA) is 20.3 Å². The number of carbonyl (C=O) groups is 1. The SMILES string of the molecule is O=C(c1ccc2cc(Br)ccc2c1)N(CCCl)C1CC1. The first kappa shape index (κ1) is 13.9. The average molecular weight is 353 g/mol. The van der Waals surface area contributed by atoms with Gasteiger partial charge >= 0.3 is 0 Å². The fourth-order valence-corrected chi connectivity index (χ4v) is 3.00. The molecule has 0 saturated heterocycles. The Labute approximate surface area is 131 Å². The van der Waals surface area contributed by atoms with E-state index in [0.717, 1.165) is 33.7 Å². The zero-order valence-electron chi connectivity index (χ0n) is 11.0. The van der Waals surface area contributed by atoms with Gasteiger partial charge in [-0.1, -0.05) is 28.1 Å². The molecule has 1 fully saturated rings. The Hall–Kier alpha value is -1.06. The van der Waals surface area contributed by atoms with E-state index in [1.807, 2.05) is 35.2 Å². The second-order valence-electron chi connectivity index (χ2n) is 5.12. The second kappa shape index (κ2) is 5.74. The summed E-state index contributed by atoms with van der Waals surface area (Å²) in [7, 11) is 0. The molecule has 0 aliphatic heterocycles. The Morgan fingerprint density at radius 3 is 2.60 bits per heavy atom. The van der Waals surface area contributed by atoms with E-state index in [-0.39, 0.29) is 5.91 Å². The fourth-order valence-electron chi connectivity index (χ4n) is 2.44. The lowest BCUT2D eigenvalue weighted by atomic mass is 10.1. The molecule has 1 aliphatic rings. The number of alkyl halides is 1. The lowest BCUT2D eigenvalue weighted by Gasteiger charge is -2.21. The largest absolute Gasteiger partial charge is 0.334 e. The van der Waals surface area contributed by atoms with Gasteiger partial charge in [-0.3, -0.25) is 4.79 Å². The van der Waals surface area contributed by atoms with E-state index in [1.54, 1.807) is 0 Å². The molecule has 3 rings (SSSR count). The lowest BCUT2D eigenvalue weighted by Crippen LogP contribution is -2.34. The zero-order valence-corrected chi connectivity index (χ0v) is 13.3. The van der Waals surface area contributed by atoms with Crippen molar-refractivity contribution in [2.24, 2.45) is 0 Å². The minimum Gasteiger partial charge on any atom is -0.334 e. The molecule has 1 amide bonds. The molecule has 0 spiro atoms. The van der Waals surface area contributed by atoms with Crippen LogP contribution in [0.1, 0.15) is 23.2 Å². The Morgan fingerprint density at radius 2 is 1.90 bits per heavy atom. The summed E-state index contributed by atoms with van der Waals surface area (Å²) in [5.74, 6) is 0.584. The van der Waals surface area contributed by atoms with Crippen molar-refractivity contribution in [1.82, 2.24) is 4.90 Å². The number of hydrogen-bond acceptors (Lipinski definition) is 1. The molecule has 2 aromatic carbocycles. The number of rotatable bonds is 4. The van der Waals surface area contributed by atoms with Crippen LogP contribution in [0, 0.1) is 0 Å². The van der Waals surface area contributed by atoms with Gasteiger partial charge in [-0.15, -0.1) is 11.6 Å². The standard InChI is InChI=1S/C16H15BrClNO/c17-14-4-3-11-9-13(2-1-12(11)10-14)16(20)19(8-7-18)15-5-6-15/h1-4,9-10,15H,5-8H2. The minimum atomic E-state index is 0.0953. The van der Waals surface area contributed by atoms with Crippen LogP contribution in [0.2, 0.25) is 0 Å². The van der Waals surface area contributed by atoms with Gasteiger partial charge in [-0.25, -0.2) is 0 Å². The van der Waals surface area contributed by atoms with E-state index < -0.39 is 0 Å². The molecule has 1 saturated carbocycles. The Kier molecular flexibility index (Phi) is 3.99.